The van der Waals surface area contributed by atoms with Gasteiger partial charge in [-0.25, -0.2) is 0 Å². The lowest BCUT2D eigenvalue weighted by atomic mass is 10.5. The Hall–Kier alpha value is -0.990. The summed E-state index contributed by atoms with van der Waals surface area (Å²) < 4.78 is 4.60. The maximum absolute atomic E-state index is 4.60. The van der Waals surface area contributed by atoms with Crippen molar-refractivity contribution in [3.8, 4) is 0 Å². The van der Waals surface area contributed by atoms with E-state index < -0.39 is 0 Å². The molecule has 0 saturated carbocycles. The van der Waals surface area contributed by atoms with Crippen LogP contribution in [0.2, 0.25) is 0 Å². The second-order valence-corrected chi connectivity index (χ2v) is 1.81. The minimum Gasteiger partial charge on any atom is -0.367 e. The first-order chi connectivity index (χ1) is 4.43. The smallest absolute Gasteiger partial charge is 0.169 e. The second kappa shape index (κ2) is 3.12. The molecule has 0 fully saturated rings. The summed E-state index contributed by atoms with van der Waals surface area (Å²) in [5, 5.41) is 6.74. The number of nitrogens with one attached hydrogen (secondary N) is 1. The number of hydrogen-bond donors (Lipinski definition) is 1. The summed E-state index contributed by atoms with van der Waals surface area (Å²) in [5.41, 5.74) is 0. The Morgan fingerprint density at radius 3 is 3.22 bits per heavy atom. The summed E-state index contributed by atoms with van der Waals surface area (Å²) in [4.78, 5) is 0. The van der Waals surface area contributed by atoms with E-state index in [1.165, 1.54) is 0 Å². The minimum absolute atomic E-state index is 0.817. The van der Waals surface area contributed by atoms with E-state index in [1.807, 2.05) is 0 Å². The lowest BCUT2D eigenvalue weighted by Crippen LogP contribution is -1.98. The van der Waals surface area contributed by atoms with Crippen molar-refractivity contribution in [3.63, 3.8) is 0 Å². The molecule has 50 valence electrons. The van der Waals surface area contributed by atoms with Crippen LogP contribution in [0.4, 0.5) is 5.82 Å². The third-order valence-electron chi connectivity index (χ3n) is 0.994. The molecule has 0 unspecified atom stereocenters. The zero-order chi connectivity index (χ0) is 6.53. The van der Waals surface area contributed by atoms with Crippen LogP contribution in [0.1, 0.15) is 13.3 Å². The molecule has 0 amide bonds. The summed E-state index contributed by atoms with van der Waals surface area (Å²) in [7, 11) is 0. The van der Waals surface area contributed by atoms with Crippen LogP contribution in [0.3, 0.4) is 0 Å². The molecule has 0 aliphatic rings. The molecule has 0 saturated heterocycles. The molecule has 1 aromatic rings. The molecule has 9 heavy (non-hydrogen) atoms. The van der Waals surface area contributed by atoms with Crippen LogP contribution < -0.4 is 5.32 Å². The predicted octanol–water partition coefficient (Wildman–Crippen LogP) is 1.50. The fourth-order valence-electron chi connectivity index (χ4n) is 0.557. The zero-order valence-corrected chi connectivity index (χ0v) is 5.42. The molecular formula is C6H10N2O. The molecule has 0 aliphatic heterocycles. The van der Waals surface area contributed by atoms with Crippen LogP contribution in [0.25, 0.3) is 0 Å². The summed E-state index contributed by atoms with van der Waals surface area (Å²) in [5.74, 6) is 0.817. The number of rotatable bonds is 3. The standard InChI is InChI=1S/C6H10N2O/c1-2-4-7-6-3-5-9-8-6/h3,5H,2,4H2,1H3,(H,7,8). The average Bonchev–Trinajstić information content (AvgIpc) is 2.34. The molecule has 0 spiro atoms. The Morgan fingerprint density at radius 2 is 2.67 bits per heavy atom. The summed E-state index contributed by atoms with van der Waals surface area (Å²) in [6.45, 7) is 3.06. The van der Waals surface area contributed by atoms with Gasteiger partial charge in [-0.2, -0.15) is 0 Å². The Balaban J connectivity index is 2.30. The Morgan fingerprint density at radius 1 is 1.78 bits per heavy atom. The lowest BCUT2D eigenvalue weighted by Gasteiger charge is -1.94. The van der Waals surface area contributed by atoms with Crippen LogP contribution in [-0.4, -0.2) is 11.7 Å². The molecule has 1 rings (SSSR count). The highest BCUT2D eigenvalue weighted by Crippen LogP contribution is 1.99. The van der Waals surface area contributed by atoms with Crippen molar-refractivity contribution in [3.05, 3.63) is 12.3 Å². The molecule has 1 heterocycles. The van der Waals surface area contributed by atoms with Crippen LogP contribution in [0, 0.1) is 0 Å². The third kappa shape index (κ3) is 1.76. The van der Waals surface area contributed by atoms with Crippen LogP contribution in [-0.2, 0) is 0 Å². The van der Waals surface area contributed by atoms with Crippen molar-refractivity contribution in [2.24, 2.45) is 0 Å². The number of nitrogens with zero attached hydrogens (tertiary/aromatic N) is 1. The largest absolute Gasteiger partial charge is 0.367 e. The molecule has 0 bridgehead atoms. The van der Waals surface area contributed by atoms with Gasteiger partial charge in [-0.05, 0) is 6.42 Å². The molecule has 3 heteroatoms. The van der Waals surface area contributed by atoms with Crippen molar-refractivity contribution >= 4 is 5.82 Å². The highest BCUT2D eigenvalue weighted by Gasteiger charge is 1.89. The lowest BCUT2D eigenvalue weighted by molar-refractivity contribution is 0.422. The zero-order valence-electron chi connectivity index (χ0n) is 5.42. The van der Waals surface area contributed by atoms with Gasteiger partial charge in [0, 0.05) is 12.6 Å². The summed E-state index contributed by atoms with van der Waals surface area (Å²) in [6.07, 6.45) is 2.66. The van der Waals surface area contributed by atoms with E-state index in [4.69, 9.17) is 0 Å². The van der Waals surface area contributed by atoms with Crippen LogP contribution in [0.5, 0.6) is 0 Å². The first-order valence-corrected chi connectivity index (χ1v) is 3.07. The van der Waals surface area contributed by atoms with E-state index in [0.29, 0.717) is 0 Å². The summed E-state index contributed by atoms with van der Waals surface area (Å²) in [6, 6.07) is 1.80. The second-order valence-electron chi connectivity index (χ2n) is 1.81. The van der Waals surface area contributed by atoms with Crippen LogP contribution >= 0.6 is 0 Å². The van der Waals surface area contributed by atoms with Gasteiger partial charge in [0.05, 0.1) is 0 Å². The molecule has 0 aliphatic carbocycles. The predicted molar refractivity (Wildman–Crippen MR) is 35.3 cm³/mol. The average molecular weight is 126 g/mol. The molecule has 0 radical (unpaired) electrons. The van der Waals surface area contributed by atoms with E-state index in [-0.39, 0.29) is 0 Å². The van der Waals surface area contributed by atoms with E-state index in [2.05, 4.69) is 21.9 Å². The van der Waals surface area contributed by atoms with E-state index >= 15 is 0 Å². The van der Waals surface area contributed by atoms with E-state index in [1.54, 1.807) is 12.3 Å². The van der Waals surface area contributed by atoms with Gasteiger partial charge in [-0.15, -0.1) is 0 Å². The van der Waals surface area contributed by atoms with E-state index in [9.17, 15) is 0 Å². The van der Waals surface area contributed by atoms with Crippen molar-refractivity contribution in [2.75, 3.05) is 11.9 Å². The molecular weight excluding hydrogens is 116 g/mol. The van der Waals surface area contributed by atoms with Crippen molar-refractivity contribution in [2.45, 2.75) is 13.3 Å². The maximum Gasteiger partial charge on any atom is 0.169 e. The Labute approximate surface area is 54.0 Å². The molecule has 1 N–H and O–H groups in total. The molecule has 1 aromatic heterocycles. The summed E-state index contributed by atoms with van der Waals surface area (Å²) >= 11 is 0. The van der Waals surface area contributed by atoms with Gasteiger partial charge < -0.3 is 9.84 Å². The fraction of sp³-hybridized carbons (Fsp3) is 0.500. The molecule has 3 nitrogen and oxygen atoms in total. The maximum atomic E-state index is 4.60. The SMILES string of the molecule is CCCNc1ccon1. The number of anilines is 1. The van der Waals surface area contributed by atoms with Gasteiger partial charge in [-0.3, -0.25) is 0 Å². The van der Waals surface area contributed by atoms with Crippen LogP contribution in [0.15, 0.2) is 16.9 Å². The van der Waals surface area contributed by atoms with Crippen molar-refractivity contribution < 1.29 is 4.52 Å². The molecule has 0 atom stereocenters. The highest BCUT2D eigenvalue weighted by atomic mass is 16.5. The monoisotopic (exact) mass is 126 g/mol. The Kier molecular flexibility index (Phi) is 2.13. The van der Waals surface area contributed by atoms with Gasteiger partial charge in [0.15, 0.2) is 5.82 Å². The van der Waals surface area contributed by atoms with Crippen molar-refractivity contribution in [1.82, 2.24) is 5.16 Å². The minimum atomic E-state index is 0.817. The highest BCUT2D eigenvalue weighted by molar-refractivity contribution is 5.29. The number of hydrogen-bond acceptors (Lipinski definition) is 3. The van der Waals surface area contributed by atoms with Gasteiger partial charge in [0.1, 0.15) is 6.26 Å². The first kappa shape index (κ1) is 6.13. The molecule has 0 aromatic carbocycles. The van der Waals surface area contributed by atoms with E-state index in [0.717, 1.165) is 18.8 Å². The Bertz CT molecular complexity index is 148. The van der Waals surface area contributed by atoms with Gasteiger partial charge in [0.2, 0.25) is 0 Å². The third-order valence-corrected chi connectivity index (χ3v) is 0.994. The van der Waals surface area contributed by atoms with Gasteiger partial charge in [-0.1, -0.05) is 12.1 Å². The topological polar surface area (TPSA) is 38.1 Å². The van der Waals surface area contributed by atoms with Crippen molar-refractivity contribution in [1.29, 1.82) is 0 Å². The van der Waals surface area contributed by atoms with Gasteiger partial charge >= 0.3 is 0 Å². The van der Waals surface area contributed by atoms with Gasteiger partial charge in [0.25, 0.3) is 0 Å². The fourth-order valence-corrected chi connectivity index (χ4v) is 0.557. The normalized spacial score (nSPS) is 9.44. The quantitative estimate of drug-likeness (QED) is 0.666. The number of aromatic nitrogens is 1. The first-order valence-electron chi connectivity index (χ1n) is 3.07.